The number of para-hydroxylation sites is 2. The summed E-state index contributed by atoms with van der Waals surface area (Å²) in [6.45, 7) is 2.91. The van der Waals surface area contributed by atoms with E-state index >= 15 is 0 Å². The number of nitrogens with zero attached hydrogens (tertiary/aromatic N) is 3. The van der Waals surface area contributed by atoms with Crippen LogP contribution in [0, 0.1) is 5.82 Å². The molecule has 1 fully saturated rings. The molecule has 1 aliphatic heterocycles. The van der Waals surface area contributed by atoms with Gasteiger partial charge in [0, 0.05) is 37.9 Å². The van der Waals surface area contributed by atoms with E-state index in [1.54, 1.807) is 6.07 Å². The summed E-state index contributed by atoms with van der Waals surface area (Å²) in [5.41, 5.74) is -0.0951. The van der Waals surface area contributed by atoms with Gasteiger partial charge < -0.3 is 9.80 Å². The molecule has 2 aromatic carbocycles. The zero-order valence-corrected chi connectivity index (χ0v) is 14.6. The summed E-state index contributed by atoms with van der Waals surface area (Å²) < 4.78 is 14.8. The Hall–Kier alpha value is -3.35. The second-order valence-electron chi connectivity index (χ2n) is 6.39. The van der Waals surface area contributed by atoms with Gasteiger partial charge in [-0.25, -0.2) is 13.8 Å². The quantitative estimate of drug-likeness (QED) is 0.770. The SMILES string of the molecule is O=c1cc(N2CCN(c3ccccc3)CC2)[nH]c(=O)n1-c1ccccc1F. The van der Waals surface area contributed by atoms with E-state index in [0.717, 1.165) is 23.3 Å². The van der Waals surface area contributed by atoms with Crippen LogP contribution in [-0.4, -0.2) is 35.7 Å². The Morgan fingerprint density at radius 3 is 2.11 bits per heavy atom. The first-order valence-electron chi connectivity index (χ1n) is 8.80. The molecule has 138 valence electrons. The number of hydrogen-bond acceptors (Lipinski definition) is 4. The van der Waals surface area contributed by atoms with Crippen molar-refractivity contribution in [1.82, 2.24) is 9.55 Å². The minimum atomic E-state index is -0.645. The van der Waals surface area contributed by atoms with E-state index in [4.69, 9.17) is 0 Å². The van der Waals surface area contributed by atoms with Crippen LogP contribution in [0.2, 0.25) is 0 Å². The number of nitrogens with one attached hydrogen (secondary N) is 1. The highest BCUT2D eigenvalue weighted by Gasteiger charge is 2.20. The minimum Gasteiger partial charge on any atom is -0.368 e. The second-order valence-corrected chi connectivity index (χ2v) is 6.39. The van der Waals surface area contributed by atoms with E-state index in [2.05, 4.69) is 22.0 Å². The van der Waals surface area contributed by atoms with Crippen LogP contribution in [0.15, 0.2) is 70.3 Å². The molecule has 4 rings (SSSR count). The highest BCUT2D eigenvalue weighted by Crippen LogP contribution is 2.18. The summed E-state index contributed by atoms with van der Waals surface area (Å²) >= 11 is 0. The van der Waals surface area contributed by atoms with Gasteiger partial charge in [-0.1, -0.05) is 30.3 Å². The molecule has 1 aromatic heterocycles. The maximum atomic E-state index is 14.0. The molecule has 6 nitrogen and oxygen atoms in total. The summed E-state index contributed by atoms with van der Waals surface area (Å²) in [6.07, 6.45) is 0. The Morgan fingerprint density at radius 1 is 0.815 bits per heavy atom. The molecular formula is C20H19FN4O2. The molecule has 27 heavy (non-hydrogen) atoms. The normalized spacial score (nSPS) is 14.4. The largest absolute Gasteiger partial charge is 0.368 e. The van der Waals surface area contributed by atoms with Crippen LogP contribution in [-0.2, 0) is 0 Å². The molecule has 1 aliphatic rings. The predicted octanol–water partition coefficient (Wildman–Crippen LogP) is 1.99. The van der Waals surface area contributed by atoms with Gasteiger partial charge in [-0.3, -0.25) is 9.78 Å². The van der Waals surface area contributed by atoms with Crippen LogP contribution in [0.5, 0.6) is 0 Å². The molecule has 1 N–H and O–H groups in total. The molecule has 1 saturated heterocycles. The van der Waals surface area contributed by atoms with Gasteiger partial charge in [-0.05, 0) is 24.3 Å². The monoisotopic (exact) mass is 366 g/mol. The van der Waals surface area contributed by atoms with Crippen molar-refractivity contribution in [2.45, 2.75) is 0 Å². The van der Waals surface area contributed by atoms with Crippen molar-refractivity contribution in [2.24, 2.45) is 0 Å². The molecule has 0 bridgehead atoms. The molecule has 0 unspecified atom stereocenters. The topological polar surface area (TPSA) is 61.3 Å². The van der Waals surface area contributed by atoms with Crippen molar-refractivity contribution in [1.29, 1.82) is 0 Å². The van der Waals surface area contributed by atoms with E-state index < -0.39 is 17.1 Å². The van der Waals surface area contributed by atoms with Gasteiger partial charge in [0.15, 0.2) is 0 Å². The third-order valence-corrected chi connectivity index (χ3v) is 4.75. The van der Waals surface area contributed by atoms with Crippen molar-refractivity contribution >= 4 is 11.5 Å². The molecule has 7 heteroatoms. The van der Waals surface area contributed by atoms with Gasteiger partial charge in [-0.15, -0.1) is 0 Å². The molecule has 0 aliphatic carbocycles. The second kappa shape index (κ2) is 7.11. The van der Waals surface area contributed by atoms with Crippen LogP contribution < -0.4 is 21.0 Å². The molecule has 0 amide bonds. The molecular weight excluding hydrogens is 347 g/mol. The third-order valence-electron chi connectivity index (χ3n) is 4.75. The van der Waals surface area contributed by atoms with Crippen LogP contribution in [0.1, 0.15) is 0 Å². The van der Waals surface area contributed by atoms with Crippen molar-refractivity contribution in [2.75, 3.05) is 36.0 Å². The molecule has 0 radical (unpaired) electrons. The summed E-state index contributed by atoms with van der Waals surface area (Å²) in [5, 5.41) is 0. The number of halogens is 1. The van der Waals surface area contributed by atoms with Gasteiger partial charge in [0.2, 0.25) is 0 Å². The number of anilines is 2. The lowest BCUT2D eigenvalue weighted by Gasteiger charge is -2.36. The van der Waals surface area contributed by atoms with Crippen molar-refractivity contribution < 1.29 is 4.39 Å². The maximum Gasteiger partial charge on any atom is 0.334 e. The van der Waals surface area contributed by atoms with E-state index in [9.17, 15) is 14.0 Å². The molecule has 0 spiro atoms. The lowest BCUT2D eigenvalue weighted by atomic mass is 10.2. The Bertz CT molecular complexity index is 1020. The first-order chi connectivity index (χ1) is 13.1. The lowest BCUT2D eigenvalue weighted by Crippen LogP contribution is -2.48. The zero-order chi connectivity index (χ0) is 18.8. The van der Waals surface area contributed by atoms with Crippen molar-refractivity contribution in [3.63, 3.8) is 0 Å². The van der Waals surface area contributed by atoms with Gasteiger partial charge in [0.25, 0.3) is 5.56 Å². The first-order valence-corrected chi connectivity index (χ1v) is 8.80. The van der Waals surface area contributed by atoms with Crippen LogP contribution in [0.4, 0.5) is 15.9 Å². The van der Waals surface area contributed by atoms with E-state index in [0.29, 0.717) is 18.9 Å². The number of H-pyrrole nitrogens is 1. The maximum absolute atomic E-state index is 14.0. The Balaban J connectivity index is 1.57. The number of aromatic amines is 1. The average molecular weight is 366 g/mol. The van der Waals surface area contributed by atoms with Gasteiger partial charge >= 0.3 is 5.69 Å². The Kier molecular flexibility index (Phi) is 4.50. The van der Waals surface area contributed by atoms with Gasteiger partial charge in [0.05, 0.1) is 5.69 Å². The lowest BCUT2D eigenvalue weighted by molar-refractivity contribution is 0.610. The number of aromatic nitrogens is 2. The number of hydrogen-bond donors (Lipinski definition) is 1. The van der Waals surface area contributed by atoms with E-state index in [1.807, 2.05) is 23.1 Å². The van der Waals surface area contributed by atoms with Crippen molar-refractivity contribution in [3.05, 3.63) is 87.3 Å². The number of piperazine rings is 1. The Morgan fingerprint density at radius 2 is 1.44 bits per heavy atom. The van der Waals surface area contributed by atoms with Crippen LogP contribution >= 0.6 is 0 Å². The fraction of sp³-hybridized carbons (Fsp3) is 0.200. The fourth-order valence-corrected chi connectivity index (χ4v) is 3.36. The third kappa shape index (κ3) is 3.36. The van der Waals surface area contributed by atoms with E-state index in [-0.39, 0.29) is 5.69 Å². The van der Waals surface area contributed by atoms with Crippen LogP contribution in [0.25, 0.3) is 5.69 Å². The molecule has 2 heterocycles. The van der Waals surface area contributed by atoms with Gasteiger partial charge in [0.1, 0.15) is 11.6 Å². The number of rotatable bonds is 3. The number of benzene rings is 2. The highest BCUT2D eigenvalue weighted by atomic mass is 19.1. The fourth-order valence-electron chi connectivity index (χ4n) is 3.36. The summed E-state index contributed by atoms with van der Waals surface area (Å²) in [5.74, 6) is -0.153. The van der Waals surface area contributed by atoms with Gasteiger partial charge in [-0.2, -0.15) is 0 Å². The zero-order valence-electron chi connectivity index (χ0n) is 14.6. The predicted molar refractivity (Wildman–Crippen MR) is 103 cm³/mol. The summed E-state index contributed by atoms with van der Waals surface area (Å²) in [7, 11) is 0. The van der Waals surface area contributed by atoms with Crippen molar-refractivity contribution in [3.8, 4) is 5.69 Å². The summed E-state index contributed by atoms with van der Waals surface area (Å²) in [4.78, 5) is 31.9. The first kappa shape index (κ1) is 17.1. The standard InChI is InChI=1S/C20H19FN4O2/c21-16-8-4-5-9-17(16)25-19(26)14-18(22-20(25)27)24-12-10-23(11-13-24)15-6-2-1-3-7-15/h1-9,14H,10-13H2,(H,22,27). The average Bonchev–Trinajstić information content (AvgIpc) is 2.70. The molecule has 0 atom stereocenters. The van der Waals surface area contributed by atoms with Crippen LogP contribution in [0.3, 0.4) is 0 Å². The van der Waals surface area contributed by atoms with E-state index in [1.165, 1.54) is 24.3 Å². The Labute approximate surface area is 155 Å². The molecule has 0 saturated carbocycles. The smallest absolute Gasteiger partial charge is 0.334 e. The highest BCUT2D eigenvalue weighted by molar-refractivity contribution is 5.49. The summed E-state index contributed by atoms with van der Waals surface area (Å²) in [6, 6.07) is 17.2. The molecule has 3 aromatic rings. The minimum absolute atomic E-state index is 0.0517.